The Hall–Kier alpha value is -1.99. The van der Waals surface area contributed by atoms with E-state index in [9.17, 15) is 0 Å². The lowest BCUT2D eigenvalue weighted by atomic mass is 9.88. The monoisotopic (exact) mass is 495 g/mol. The van der Waals surface area contributed by atoms with Crippen LogP contribution in [0, 0.1) is 12.8 Å². The molecule has 2 unspecified atom stereocenters. The number of fused-ring (bicyclic) bond motifs is 1. The first-order valence-corrected chi connectivity index (χ1v) is 13.4. The second-order valence-corrected chi connectivity index (χ2v) is 11.4. The highest BCUT2D eigenvalue weighted by Gasteiger charge is 2.29. The Balaban J connectivity index is 1.27. The maximum absolute atomic E-state index is 6.07. The van der Waals surface area contributed by atoms with Crippen LogP contribution in [0.4, 0.5) is 0 Å². The molecule has 0 bridgehead atoms. The topological polar surface area (TPSA) is 54.7 Å². The van der Waals surface area contributed by atoms with Gasteiger partial charge in [-0.05, 0) is 89.2 Å². The smallest absolute Gasteiger partial charge is 0.159 e. The molecule has 0 radical (unpaired) electrons. The zero-order chi connectivity index (χ0) is 24.4. The number of nitrogens with one attached hydrogen (secondary N) is 1. The van der Waals surface area contributed by atoms with E-state index in [4.69, 9.17) is 26.4 Å². The largest absolute Gasteiger partial charge is 0.376 e. The van der Waals surface area contributed by atoms with Gasteiger partial charge < -0.3 is 10.1 Å². The van der Waals surface area contributed by atoms with Crippen molar-refractivity contribution < 1.29 is 4.74 Å². The molecule has 2 aromatic heterocycles. The average molecular weight is 496 g/mol. The van der Waals surface area contributed by atoms with Crippen LogP contribution in [-0.4, -0.2) is 51.3 Å². The highest BCUT2D eigenvalue weighted by Crippen LogP contribution is 2.30. The third-order valence-corrected chi connectivity index (χ3v) is 7.87. The van der Waals surface area contributed by atoms with Gasteiger partial charge in [0.1, 0.15) is 0 Å². The normalized spacial score (nSPS) is 23.1. The van der Waals surface area contributed by atoms with E-state index >= 15 is 0 Å². The molecule has 4 heterocycles. The Morgan fingerprint density at radius 1 is 1.17 bits per heavy atom. The molecule has 0 spiro atoms. The minimum atomic E-state index is -0.0111. The number of piperidine rings is 1. The van der Waals surface area contributed by atoms with E-state index in [0.717, 1.165) is 68.5 Å². The van der Waals surface area contributed by atoms with Crippen molar-refractivity contribution in [2.24, 2.45) is 5.92 Å². The van der Waals surface area contributed by atoms with Gasteiger partial charge in [-0.1, -0.05) is 23.7 Å². The summed E-state index contributed by atoms with van der Waals surface area (Å²) < 4.78 is 7.99. The molecule has 0 aliphatic carbocycles. The molecule has 2 atom stereocenters. The number of halogens is 1. The van der Waals surface area contributed by atoms with E-state index in [1.54, 1.807) is 0 Å². The Kier molecular flexibility index (Phi) is 7.44. The van der Waals surface area contributed by atoms with E-state index in [2.05, 4.69) is 53.7 Å². The first-order chi connectivity index (χ1) is 16.9. The minimum absolute atomic E-state index is 0.0111. The molecular weight excluding hydrogens is 458 g/mol. The molecule has 2 aliphatic rings. The standard InChI is InChI=1S/C28H38ClN5O/c1-20-25(17-30-16-22-11-14-35-28(2,3)15-22)27-31-12-10-26(34(27)32-20)23-5-4-13-33(19-23)18-21-6-8-24(29)9-7-21/h6-10,12,22-23,30H,4-5,11,13-19H2,1-3H3. The number of aryl methyl sites for hydroxylation is 1. The highest BCUT2D eigenvalue weighted by molar-refractivity contribution is 6.30. The Morgan fingerprint density at radius 2 is 2.00 bits per heavy atom. The summed E-state index contributed by atoms with van der Waals surface area (Å²) in [5, 5.41) is 9.45. The molecule has 5 rings (SSSR count). The van der Waals surface area contributed by atoms with Crippen molar-refractivity contribution >= 4 is 17.2 Å². The van der Waals surface area contributed by atoms with E-state index < -0.39 is 0 Å². The van der Waals surface area contributed by atoms with Crippen molar-refractivity contribution in [3.63, 3.8) is 0 Å². The number of benzene rings is 1. The van der Waals surface area contributed by atoms with Crippen molar-refractivity contribution in [1.29, 1.82) is 0 Å². The zero-order valence-corrected chi connectivity index (χ0v) is 22.0. The van der Waals surface area contributed by atoms with Crippen LogP contribution in [0.2, 0.25) is 5.02 Å². The van der Waals surface area contributed by atoms with Crippen molar-refractivity contribution in [3.8, 4) is 0 Å². The number of hydrogen-bond donors (Lipinski definition) is 1. The Bertz CT molecular complexity index is 1140. The van der Waals surface area contributed by atoms with Gasteiger partial charge >= 0.3 is 0 Å². The van der Waals surface area contributed by atoms with E-state index in [1.807, 2.05) is 18.3 Å². The van der Waals surface area contributed by atoms with Crippen molar-refractivity contribution in [1.82, 2.24) is 24.8 Å². The number of likely N-dealkylation sites (tertiary alicyclic amines) is 1. The zero-order valence-electron chi connectivity index (χ0n) is 21.3. The summed E-state index contributed by atoms with van der Waals surface area (Å²) >= 11 is 6.07. The summed E-state index contributed by atoms with van der Waals surface area (Å²) in [4.78, 5) is 7.31. The lowest BCUT2D eigenvalue weighted by Gasteiger charge is -2.35. The summed E-state index contributed by atoms with van der Waals surface area (Å²) in [5.74, 6) is 1.10. The third-order valence-electron chi connectivity index (χ3n) is 7.62. The molecule has 0 saturated carbocycles. The van der Waals surface area contributed by atoms with Gasteiger partial charge in [-0.15, -0.1) is 0 Å². The maximum atomic E-state index is 6.07. The molecule has 1 N–H and O–H groups in total. The summed E-state index contributed by atoms with van der Waals surface area (Å²) in [5.41, 5.74) is 5.85. The van der Waals surface area contributed by atoms with Gasteiger partial charge in [0.15, 0.2) is 5.65 Å². The van der Waals surface area contributed by atoms with Crippen LogP contribution in [0.25, 0.3) is 5.65 Å². The van der Waals surface area contributed by atoms with Gasteiger partial charge in [0.25, 0.3) is 0 Å². The predicted molar refractivity (Wildman–Crippen MR) is 141 cm³/mol. The summed E-state index contributed by atoms with van der Waals surface area (Å²) in [6, 6.07) is 10.4. The first-order valence-electron chi connectivity index (χ1n) is 13.0. The van der Waals surface area contributed by atoms with Crippen molar-refractivity contribution in [3.05, 3.63) is 64.1 Å². The summed E-state index contributed by atoms with van der Waals surface area (Å²) in [6.45, 7) is 12.3. The molecule has 7 heteroatoms. The maximum Gasteiger partial charge on any atom is 0.159 e. The fourth-order valence-electron chi connectivity index (χ4n) is 5.85. The van der Waals surface area contributed by atoms with Crippen molar-refractivity contribution in [2.45, 2.75) is 71.1 Å². The molecule has 0 amide bonds. The molecular formula is C28H38ClN5O. The highest BCUT2D eigenvalue weighted by atomic mass is 35.5. The molecule has 188 valence electrons. The molecule has 2 aliphatic heterocycles. The van der Waals surface area contributed by atoms with E-state index in [-0.39, 0.29) is 5.60 Å². The molecule has 6 nitrogen and oxygen atoms in total. The first kappa shape index (κ1) is 24.7. The minimum Gasteiger partial charge on any atom is -0.376 e. The van der Waals surface area contributed by atoms with Crippen LogP contribution in [0.1, 0.15) is 68.0 Å². The SMILES string of the molecule is Cc1nn2c(C3CCCN(Cc4ccc(Cl)cc4)C3)ccnc2c1CNCC1CCOC(C)(C)C1. The lowest BCUT2D eigenvalue weighted by Crippen LogP contribution is -2.37. The number of hydrogen-bond acceptors (Lipinski definition) is 5. The van der Waals surface area contributed by atoms with Gasteiger partial charge in [-0.25, -0.2) is 9.50 Å². The molecule has 35 heavy (non-hydrogen) atoms. The molecule has 1 aromatic carbocycles. The van der Waals surface area contributed by atoms with Crippen LogP contribution in [0.3, 0.4) is 0 Å². The van der Waals surface area contributed by atoms with Crippen LogP contribution >= 0.6 is 11.6 Å². The molecule has 2 saturated heterocycles. The summed E-state index contributed by atoms with van der Waals surface area (Å²) in [6.07, 6.45) is 6.57. The van der Waals surface area contributed by atoms with Crippen LogP contribution < -0.4 is 5.32 Å². The number of ether oxygens (including phenoxy) is 1. The number of nitrogens with zero attached hydrogens (tertiary/aromatic N) is 4. The number of aromatic nitrogens is 3. The van der Waals surface area contributed by atoms with Gasteiger partial charge in [-0.3, -0.25) is 4.90 Å². The van der Waals surface area contributed by atoms with Gasteiger partial charge in [0.05, 0.1) is 17.0 Å². The van der Waals surface area contributed by atoms with Crippen LogP contribution in [0.5, 0.6) is 0 Å². The predicted octanol–water partition coefficient (Wildman–Crippen LogP) is 5.37. The quantitative estimate of drug-likeness (QED) is 0.477. The number of rotatable bonds is 7. The van der Waals surface area contributed by atoms with Gasteiger partial charge in [0, 0.05) is 48.9 Å². The lowest BCUT2D eigenvalue weighted by molar-refractivity contribution is -0.0718. The van der Waals surface area contributed by atoms with Crippen molar-refractivity contribution in [2.75, 3.05) is 26.2 Å². The Morgan fingerprint density at radius 3 is 2.80 bits per heavy atom. The fourth-order valence-corrected chi connectivity index (χ4v) is 5.98. The van der Waals surface area contributed by atoms with Gasteiger partial charge in [-0.2, -0.15) is 5.10 Å². The second kappa shape index (κ2) is 10.6. The molecule has 2 fully saturated rings. The van der Waals surface area contributed by atoms with Crippen LogP contribution in [-0.2, 0) is 17.8 Å². The fraction of sp³-hybridized carbons (Fsp3) is 0.571. The Labute approximate surface area is 214 Å². The average Bonchev–Trinajstić information content (AvgIpc) is 3.15. The van der Waals surface area contributed by atoms with E-state index in [1.165, 1.54) is 29.7 Å². The van der Waals surface area contributed by atoms with Gasteiger partial charge in [0.2, 0.25) is 0 Å². The van der Waals surface area contributed by atoms with E-state index in [0.29, 0.717) is 11.8 Å². The molecule has 3 aromatic rings. The third kappa shape index (κ3) is 5.88. The second-order valence-electron chi connectivity index (χ2n) is 11.0. The van der Waals surface area contributed by atoms with Crippen LogP contribution in [0.15, 0.2) is 36.5 Å². The summed E-state index contributed by atoms with van der Waals surface area (Å²) in [7, 11) is 0.